The molecule has 0 aliphatic rings. The van der Waals surface area contributed by atoms with Gasteiger partial charge in [-0.25, -0.2) is 4.98 Å². The van der Waals surface area contributed by atoms with Gasteiger partial charge in [0.25, 0.3) is 0 Å². The summed E-state index contributed by atoms with van der Waals surface area (Å²) in [5.74, 6) is 1.35. The Morgan fingerprint density at radius 2 is 2.05 bits per heavy atom. The van der Waals surface area contributed by atoms with Gasteiger partial charge in [-0.2, -0.15) is 4.98 Å². The van der Waals surface area contributed by atoms with E-state index in [2.05, 4.69) is 9.97 Å². The summed E-state index contributed by atoms with van der Waals surface area (Å²) in [6.45, 7) is 4.25. The Labute approximate surface area is 111 Å². The monoisotopic (exact) mass is 260 g/mol. The van der Waals surface area contributed by atoms with Crippen LogP contribution < -0.4 is 9.47 Å². The molecule has 1 heterocycles. The number of hydrogen-bond acceptors (Lipinski definition) is 5. The predicted octanol–water partition coefficient (Wildman–Crippen LogP) is 2.47. The van der Waals surface area contributed by atoms with Crippen molar-refractivity contribution in [2.24, 2.45) is 0 Å². The summed E-state index contributed by atoms with van der Waals surface area (Å²) in [6.07, 6.45) is 1.56. The van der Waals surface area contributed by atoms with E-state index in [-0.39, 0.29) is 12.6 Å². The zero-order valence-corrected chi connectivity index (χ0v) is 11.0. The highest BCUT2D eigenvalue weighted by Crippen LogP contribution is 2.23. The molecular weight excluding hydrogens is 244 g/mol. The lowest BCUT2D eigenvalue weighted by Crippen LogP contribution is -1.98. The minimum absolute atomic E-state index is 0.0774. The van der Waals surface area contributed by atoms with Gasteiger partial charge < -0.3 is 14.6 Å². The van der Waals surface area contributed by atoms with Crippen LogP contribution in [0.15, 0.2) is 30.5 Å². The maximum atomic E-state index is 9.06. The van der Waals surface area contributed by atoms with Crippen LogP contribution in [-0.4, -0.2) is 21.7 Å². The van der Waals surface area contributed by atoms with Crippen molar-refractivity contribution in [3.63, 3.8) is 0 Å². The van der Waals surface area contributed by atoms with Gasteiger partial charge in [0, 0.05) is 17.8 Å². The van der Waals surface area contributed by atoms with Crippen molar-refractivity contribution in [3.8, 4) is 17.5 Å². The third kappa shape index (κ3) is 3.42. The van der Waals surface area contributed by atoms with Crippen LogP contribution in [0.5, 0.6) is 17.5 Å². The van der Waals surface area contributed by atoms with Crippen molar-refractivity contribution in [3.05, 3.63) is 41.7 Å². The molecule has 19 heavy (non-hydrogen) atoms. The highest BCUT2D eigenvalue weighted by molar-refractivity contribution is 5.34. The van der Waals surface area contributed by atoms with E-state index >= 15 is 0 Å². The van der Waals surface area contributed by atoms with Crippen molar-refractivity contribution in [1.82, 2.24) is 9.97 Å². The van der Waals surface area contributed by atoms with Crippen molar-refractivity contribution in [1.29, 1.82) is 0 Å². The molecule has 0 aliphatic carbocycles. The van der Waals surface area contributed by atoms with E-state index in [1.807, 2.05) is 19.1 Å². The molecule has 0 atom stereocenters. The first-order chi connectivity index (χ1) is 9.22. The van der Waals surface area contributed by atoms with Gasteiger partial charge in [-0.3, -0.25) is 0 Å². The molecule has 1 aromatic heterocycles. The Kier molecular flexibility index (Phi) is 4.30. The maximum absolute atomic E-state index is 9.06. The fraction of sp³-hybridized carbons (Fsp3) is 0.286. The maximum Gasteiger partial charge on any atom is 0.322 e. The largest absolute Gasteiger partial charge is 0.494 e. The minimum atomic E-state index is -0.0774. The Morgan fingerprint density at radius 3 is 2.74 bits per heavy atom. The van der Waals surface area contributed by atoms with Gasteiger partial charge in [0.1, 0.15) is 11.5 Å². The molecule has 2 aromatic rings. The third-order valence-corrected chi connectivity index (χ3v) is 2.55. The second-order valence-corrected chi connectivity index (χ2v) is 3.93. The predicted molar refractivity (Wildman–Crippen MR) is 70.4 cm³/mol. The van der Waals surface area contributed by atoms with Crippen LogP contribution in [0.25, 0.3) is 0 Å². The molecule has 0 saturated heterocycles. The van der Waals surface area contributed by atoms with Crippen LogP contribution in [-0.2, 0) is 6.61 Å². The number of aliphatic hydroxyl groups excluding tert-OH is 1. The Bertz CT molecular complexity index is 558. The van der Waals surface area contributed by atoms with Gasteiger partial charge in [-0.1, -0.05) is 6.07 Å². The normalized spacial score (nSPS) is 10.3. The lowest BCUT2D eigenvalue weighted by molar-refractivity contribution is 0.279. The first kappa shape index (κ1) is 13.3. The highest BCUT2D eigenvalue weighted by Gasteiger charge is 2.05. The molecule has 5 nitrogen and oxygen atoms in total. The van der Waals surface area contributed by atoms with E-state index in [0.717, 1.165) is 5.75 Å². The molecule has 5 heteroatoms. The standard InChI is InChI=1S/C14H16N2O3/c1-3-18-12-5-4-6-13(7-12)19-14-15-8-11(9-17)10(2)16-14/h4-8,17H,3,9H2,1-2H3. The molecular formula is C14H16N2O3. The fourth-order valence-corrected chi connectivity index (χ4v) is 1.57. The molecule has 1 N–H and O–H groups in total. The van der Waals surface area contributed by atoms with Crippen molar-refractivity contribution < 1.29 is 14.6 Å². The zero-order chi connectivity index (χ0) is 13.7. The quantitative estimate of drug-likeness (QED) is 0.894. The summed E-state index contributed by atoms with van der Waals surface area (Å²) in [5.41, 5.74) is 1.39. The number of aliphatic hydroxyl groups is 1. The number of rotatable bonds is 5. The third-order valence-electron chi connectivity index (χ3n) is 2.55. The molecule has 0 spiro atoms. The van der Waals surface area contributed by atoms with E-state index in [1.54, 1.807) is 25.3 Å². The molecule has 0 bridgehead atoms. The van der Waals surface area contributed by atoms with Gasteiger partial charge in [0.2, 0.25) is 0 Å². The first-order valence-corrected chi connectivity index (χ1v) is 6.07. The van der Waals surface area contributed by atoms with Gasteiger partial charge in [-0.15, -0.1) is 0 Å². The molecule has 0 fully saturated rings. The van der Waals surface area contributed by atoms with Crippen LogP contribution in [0.3, 0.4) is 0 Å². The summed E-state index contributed by atoms with van der Waals surface area (Å²) in [4.78, 5) is 8.23. The summed E-state index contributed by atoms with van der Waals surface area (Å²) >= 11 is 0. The molecule has 0 amide bonds. The molecule has 0 aliphatic heterocycles. The number of ether oxygens (including phenoxy) is 2. The SMILES string of the molecule is CCOc1cccc(Oc2ncc(CO)c(C)n2)c1. The van der Waals surface area contributed by atoms with E-state index in [4.69, 9.17) is 14.6 Å². The molecule has 0 unspecified atom stereocenters. The molecule has 100 valence electrons. The molecule has 0 saturated carbocycles. The fourth-order valence-electron chi connectivity index (χ4n) is 1.57. The summed E-state index contributed by atoms with van der Waals surface area (Å²) in [5, 5.41) is 9.06. The van der Waals surface area contributed by atoms with Crippen LogP contribution in [0.1, 0.15) is 18.2 Å². The number of hydrogen-bond donors (Lipinski definition) is 1. The molecule has 1 aromatic carbocycles. The highest BCUT2D eigenvalue weighted by atomic mass is 16.5. The van der Waals surface area contributed by atoms with Crippen LogP contribution in [0.2, 0.25) is 0 Å². The minimum Gasteiger partial charge on any atom is -0.494 e. The van der Waals surface area contributed by atoms with E-state index < -0.39 is 0 Å². The Morgan fingerprint density at radius 1 is 1.26 bits per heavy atom. The van der Waals surface area contributed by atoms with E-state index in [9.17, 15) is 0 Å². The lowest BCUT2D eigenvalue weighted by Gasteiger charge is -2.08. The van der Waals surface area contributed by atoms with Gasteiger partial charge in [0.05, 0.1) is 18.9 Å². The smallest absolute Gasteiger partial charge is 0.322 e. The number of aromatic nitrogens is 2. The Hall–Kier alpha value is -2.14. The second-order valence-electron chi connectivity index (χ2n) is 3.93. The average Bonchev–Trinajstić information content (AvgIpc) is 2.40. The lowest BCUT2D eigenvalue weighted by atomic mass is 10.3. The first-order valence-electron chi connectivity index (χ1n) is 6.07. The topological polar surface area (TPSA) is 64.5 Å². The van der Waals surface area contributed by atoms with Crippen LogP contribution >= 0.6 is 0 Å². The van der Waals surface area contributed by atoms with Crippen molar-refractivity contribution >= 4 is 0 Å². The van der Waals surface area contributed by atoms with Gasteiger partial charge in [-0.05, 0) is 26.0 Å². The summed E-state index contributed by atoms with van der Waals surface area (Å²) in [6, 6.07) is 7.54. The number of nitrogens with zero attached hydrogens (tertiary/aromatic N) is 2. The van der Waals surface area contributed by atoms with E-state index in [1.165, 1.54) is 0 Å². The second kappa shape index (κ2) is 6.15. The zero-order valence-electron chi connectivity index (χ0n) is 11.0. The molecule has 0 radical (unpaired) electrons. The van der Waals surface area contributed by atoms with E-state index in [0.29, 0.717) is 23.6 Å². The molecule has 2 rings (SSSR count). The van der Waals surface area contributed by atoms with Crippen molar-refractivity contribution in [2.45, 2.75) is 20.5 Å². The van der Waals surface area contributed by atoms with Crippen molar-refractivity contribution in [2.75, 3.05) is 6.61 Å². The Balaban J connectivity index is 2.16. The number of aryl methyl sites for hydroxylation is 1. The van der Waals surface area contributed by atoms with Gasteiger partial charge in [0.15, 0.2) is 0 Å². The average molecular weight is 260 g/mol. The number of benzene rings is 1. The summed E-state index contributed by atoms with van der Waals surface area (Å²) < 4.78 is 11.0. The summed E-state index contributed by atoms with van der Waals surface area (Å²) in [7, 11) is 0. The van der Waals surface area contributed by atoms with Crippen LogP contribution in [0.4, 0.5) is 0 Å². The van der Waals surface area contributed by atoms with Crippen LogP contribution in [0, 0.1) is 6.92 Å². The van der Waals surface area contributed by atoms with Gasteiger partial charge >= 0.3 is 6.01 Å².